The van der Waals surface area contributed by atoms with Gasteiger partial charge in [0.15, 0.2) is 0 Å². The van der Waals surface area contributed by atoms with Crippen LogP contribution in [0.5, 0.6) is 0 Å². The first-order chi connectivity index (χ1) is 11.6. The number of aromatic nitrogens is 1. The van der Waals surface area contributed by atoms with Crippen molar-refractivity contribution in [1.82, 2.24) is 10.4 Å². The van der Waals surface area contributed by atoms with Crippen molar-refractivity contribution in [2.45, 2.75) is 13.3 Å². The number of nitrogens with one attached hydrogen (secondary N) is 1. The molecule has 0 aliphatic carbocycles. The number of non-ortho nitro benzene ring substituents is 1. The van der Waals surface area contributed by atoms with E-state index in [0.717, 1.165) is 17.5 Å². The fourth-order valence-corrected chi connectivity index (χ4v) is 1.83. The van der Waals surface area contributed by atoms with Crippen molar-refractivity contribution in [2.75, 3.05) is 0 Å². The number of pyridine rings is 1. The Bertz CT molecular complexity index is 765. The van der Waals surface area contributed by atoms with Gasteiger partial charge in [0, 0.05) is 24.5 Å². The van der Waals surface area contributed by atoms with Crippen LogP contribution in [0.15, 0.2) is 53.8 Å². The second-order valence-corrected chi connectivity index (χ2v) is 4.83. The third kappa shape index (κ3) is 4.84. The highest BCUT2D eigenvalue weighted by Gasteiger charge is 2.04. The lowest BCUT2D eigenvalue weighted by Crippen LogP contribution is -2.18. The predicted octanol–water partition coefficient (Wildman–Crippen LogP) is 2.98. The summed E-state index contributed by atoms with van der Waals surface area (Å²) >= 11 is 0. The summed E-state index contributed by atoms with van der Waals surface area (Å²) in [4.78, 5) is 26.0. The first-order valence-corrected chi connectivity index (χ1v) is 7.29. The maximum Gasteiger partial charge on any atom is 0.289 e. The number of allylic oxidation sites excluding steroid dienone is 1. The minimum Gasteiger partial charge on any atom is -0.266 e. The van der Waals surface area contributed by atoms with E-state index in [9.17, 15) is 14.9 Å². The number of aryl methyl sites for hydroxylation is 1. The number of nitrogens with zero attached hydrogens (tertiary/aromatic N) is 3. The van der Waals surface area contributed by atoms with E-state index in [1.165, 1.54) is 18.3 Å². The van der Waals surface area contributed by atoms with Gasteiger partial charge in [-0.2, -0.15) is 5.10 Å². The van der Waals surface area contributed by atoms with E-state index in [2.05, 4.69) is 15.5 Å². The highest BCUT2D eigenvalue weighted by Crippen LogP contribution is 2.12. The van der Waals surface area contributed by atoms with Crippen LogP contribution in [0.1, 0.15) is 28.5 Å². The van der Waals surface area contributed by atoms with Gasteiger partial charge in [-0.05, 0) is 41.8 Å². The van der Waals surface area contributed by atoms with Crippen molar-refractivity contribution >= 4 is 23.9 Å². The molecule has 2 rings (SSSR count). The van der Waals surface area contributed by atoms with Gasteiger partial charge in [-0.1, -0.05) is 19.1 Å². The van der Waals surface area contributed by atoms with Crippen molar-refractivity contribution in [3.63, 3.8) is 0 Å². The van der Waals surface area contributed by atoms with Gasteiger partial charge in [-0.25, -0.2) is 5.43 Å². The molecular formula is C17H16N4O3. The fraction of sp³-hybridized carbons (Fsp3) is 0.118. The van der Waals surface area contributed by atoms with Crippen molar-refractivity contribution in [3.8, 4) is 0 Å². The smallest absolute Gasteiger partial charge is 0.266 e. The van der Waals surface area contributed by atoms with E-state index in [1.54, 1.807) is 36.5 Å². The summed E-state index contributed by atoms with van der Waals surface area (Å²) in [6, 6.07) is 9.59. The van der Waals surface area contributed by atoms with Gasteiger partial charge in [0.25, 0.3) is 11.6 Å². The minimum absolute atomic E-state index is 0.0367. The molecule has 0 aliphatic heterocycles. The molecular weight excluding hydrogens is 308 g/mol. The van der Waals surface area contributed by atoms with Crippen LogP contribution in [-0.2, 0) is 6.42 Å². The van der Waals surface area contributed by atoms with Crippen LogP contribution in [0.25, 0.3) is 6.08 Å². The predicted molar refractivity (Wildman–Crippen MR) is 91.7 cm³/mol. The molecule has 0 fully saturated rings. The maximum atomic E-state index is 11.8. The van der Waals surface area contributed by atoms with Gasteiger partial charge >= 0.3 is 0 Å². The first-order valence-electron chi connectivity index (χ1n) is 7.29. The number of hydrazone groups is 1. The van der Waals surface area contributed by atoms with Crippen LogP contribution >= 0.6 is 0 Å². The molecule has 1 aromatic carbocycles. The number of nitro groups is 1. The third-order valence-electron chi connectivity index (χ3n) is 3.18. The van der Waals surface area contributed by atoms with Gasteiger partial charge in [0.05, 0.1) is 4.92 Å². The van der Waals surface area contributed by atoms with E-state index in [-0.39, 0.29) is 5.69 Å². The number of hydrogen-bond donors (Lipinski definition) is 1. The lowest BCUT2D eigenvalue weighted by atomic mass is 10.2. The van der Waals surface area contributed by atoms with Gasteiger partial charge < -0.3 is 0 Å². The summed E-state index contributed by atoms with van der Waals surface area (Å²) in [6.07, 6.45) is 7.27. The van der Waals surface area contributed by atoms with Gasteiger partial charge in [-0.3, -0.25) is 19.9 Å². The molecule has 0 saturated carbocycles. The number of carbonyl (C=O) groups is 1. The number of carbonyl (C=O) groups excluding carboxylic acids is 1. The van der Waals surface area contributed by atoms with Crippen LogP contribution in [0.4, 0.5) is 5.69 Å². The van der Waals surface area contributed by atoms with Gasteiger partial charge in [0.2, 0.25) is 0 Å². The number of nitro benzene ring substituents is 1. The molecule has 0 aliphatic rings. The monoisotopic (exact) mass is 324 g/mol. The fourth-order valence-electron chi connectivity index (χ4n) is 1.83. The number of rotatable bonds is 6. The molecule has 0 bridgehead atoms. The van der Waals surface area contributed by atoms with Crippen molar-refractivity contribution in [3.05, 3.63) is 75.6 Å². The lowest BCUT2D eigenvalue weighted by molar-refractivity contribution is -0.384. The Morgan fingerprint density at radius 1 is 1.29 bits per heavy atom. The van der Waals surface area contributed by atoms with Crippen LogP contribution in [-0.4, -0.2) is 22.0 Å². The minimum atomic E-state index is -0.453. The number of benzene rings is 1. The molecule has 122 valence electrons. The molecule has 7 nitrogen and oxygen atoms in total. The molecule has 0 atom stereocenters. The molecule has 0 spiro atoms. The summed E-state index contributed by atoms with van der Waals surface area (Å²) in [7, 11) is 0. The second kappa shape index (κ2) is 8.33. The van der Waals surface area contributed by atoms with E-state index in [4.69, 9.17) is 0 Å². The summed E-state index contributed by atoms with van der Waals surface area (Å²) in [5.41, 5.74) is 4.55. The Morgan fingerprint density at radius 3 is 2.62 bits per heavy atom. The van der Waals surface area contributed by atoms with E-state index in [0.29, 0.717) is 5.69 Å². The average Bonchev–Trinajstić information content (AvgIpc) is 2.61. The van der Waals surface area contributed by atoms with E-state index < -0.39 is 10.8 Å². The zero-order valence-corrected chi connectivity index (χ0v) is 13.0. The molecule has 0 saturated heterocycles. The third-order valence-corrected chi connectivity index (χ3v) is 3.18. The average molecular weight is 324 g/mol. The van der Waals surface area contributed by atoms with Crippen molar-refractivity contribution < 1.29 is 9.72 Å². The molecule has 1 heterocycles. The molecule has 24 heavy (non-hydrogen) atoms. The summed E-state index contributed by atoms with van der Waals surface area (Å²) < 4.78 is 0. The maximum absolute atomic E-state index is 11.8. The number of amides is 1. The molecule has 1 aromatic heterocycles. The molecule has 2 aromatic rings. The quantitative estimate of drug-likeness (QED) is 0.502. The summed E-state index contributed by atoms with van der Waals surface area (Å²) in [6.45, 7) is 2.01. The largest absolute Gasteiger partial charge is 0.289 e. The number of hydrogen-bond acceptors (Lipinski definition) is 5. The lowest BCUT2D eigenvalue weighted by Gasteiger charge is -1.99. The summed E-state index contributed by atoms with van der Waals surface area (Å²) in [5, 5.41) is 14.3. The Labute approximate surface area is 138 Å². The van der Waals surface area contributed by atoms with Crippen LogP contribution in [0.3, 0.4) is 0 Å². The second-order valence-electron chi connectivity index (χ2n) is 4.83. The Morgan fingerprint density at radius 2 is 2.04 bits per heavy atom. The zero-order chi connectivity index (χ0) is 17.4. The Balaban J connectivity index is 1.86. The summed E-state index contributed by atoms with van der Waals surface area (Å²) in [5.74, 6) is -0.391. The molecule has 0 unspecified atom stereocenters. The molecule has 1 amide bonds. The normalized spacial score (nSPS) is 11.0. The van der Waals surface area contributed by atoms with Gasteiger partial charge in [0.1, 0.15) is 5.69 Å². The van der Waals surface area contributed by atoms with Crippen molar-refractivity contribution in [2.24, 2.45) is 5.10 Å². The van der Waals surface area contributed by atoms with Crippen LogP contribution in [0.2, 0.25) is 0 Å². The Hall–Kier alpha value is -3.35. The topological polar surface area (TPSA) is 97.5 Å². The van der Waals surface area contributed by atoms with E-state index in [1.807, 2.05) is 13.0 Å². The molecule has 0 radical (unpaired) electrons. The van der Waals surface area contributed by atoms with Gasteiger partial charge in [-0.15, -0.1) is 0 Å². The molecule has 7 heteroatoms. The highest BCUT2D eigenvalue weighted by atomic mass is 16.6. The van der Waals surface area contributed by atoms with Crippen molar-refractivity contribution in [1.29, 1.82) is 0 Å². The standard InChI is InChI=1S/C17H16N4O3/c1-2-13-7-10-16(18-12-13)17(22)20-19-11-3-4-14-5-8-15(9-6-14)21(23)24/h3-12H,2H2,1H3,(H,20,22)/b4-3-,19-11+. The highest BCUT2D eigenvalue weighted by molar-refractivity contribution is 5.92. The van der Waals surface area contributed by atoms with Crippen LogP contribution in [0, 0.1) is 10.1 Å². The zero-order valence-electron chi connectivity index (χ0n) is 13.0. The first kappa shape index (κ1) is 17.0. The Kier molecular flexibility index (Phi) is 5.90. The van der Waals surface area contributed by atoms with Crippen LogP contribution < -0.4 is 5.43 Å². The SMILES string of the molecule is CCc1ccc(C(=O)N/N=C/C=C\c2ccc([N+](=O)[O-])cc2)nc1. The van der Waals surface area contributed by atoms with E-state index >= 15 is 0 Å². The molecule has 1 N–H and O–H groups in total.